The molecule has 3 fully saturated rings. The van der Waals surface area contributed by atoms with Crippen LogP contribution in [0.5, 0.6) is 0 Å². The molecule has 0 aliphatic heterocycles. The Morgan fingerprint density at radius 1 is 1.10 bits per heavy atom. The monoisotopic (exact) mass is 299 g/mol. The summed E-state index contributed by atoms with van der Waals surface area (Å²) in [6.45, 7) is 0. The fourth-order valence-electron chi connectivity index (χ4n) is 5.17. The number of fused-ring (bicyclic) bond motifs is 2. The third-order valence-corrected chi connectivity index (χ3v) is 7.98. The van der Waals surface area contributed by atoms with E-state index in [1.54, 1.807) is 0 Å². The van der Waals surface area contributed by atoms with Crippen molar-refractivity contribution in [3.8, 4) is 0 Å². The highest BCUT2D eigenvalue weighted by Gasteiger charge is 2.41. The number of sulfone groups is 1. The fourth-order valence-corrected chi connectivity index (χ4v) is 6.36. The van der Waals surface area contributed by atoms with E-state index in [2.05, 4.69) is 0 Å². The summed E-state index contributed by atoms with van der Waals surface area (Å²) < 4.78 is 23.5. The molecule has 20 heavy (non-hydrogen) atoms. The van der Waals surface area contributed by atoms with Gasteiger partial charge in [0.15, 0.2) is 0 Å². The smallest absolute Gasteiger partial charge is 0.150 e. The second-order valence-corrected chi connectivity index (χ2v) is 10.0. The van der Waals surface area contributed by atoms with Gasteiger partial charge in [0.1, 0.15) is 9.84 Å². The molecule has 6 unspecified atom stereocenters. The number of hydrogen-bond acceptors (Lipinski definition) is 3. The first-order valence-electron chi connectivity index (χ1n) is 8.38. The van der Waals surface area contributed by atoms with Crippen LogP contribution in [0.2, 0.25) is 0 Å². The van der Waals surface area contributed by atoms with Crippen LogP contribution in [0.1, 0.15) is 57.8 Å². The predicted molar refractivity (Wildman–Crippen MR) is 82.1 cm³/mol. The van der Waals surface area contributed by atoms with Gasteiger partial charge in [-0.3, -0.25) is 0 Å². The quantitative estimate of drug-likeness (QED) is 0.868. The molecule has 2 N–H and O–H groups in total. The lowest BCUT2D eigenvalue weighted by Crippen LogP contribution is -2.39. The Morgan fingerprint density at radius 3 is 2.50 bits per heavy atom. The molecule has 0 spiro atoms. The number of rotatable bonds is 4. The van der Waals surface area contributed by atoms with Crippen LogP contribution in [0.4, 0.5) is 0 Å². The molecule has 0 amide bonds. The topological polar surface area (TPSA) is 60.2 Å². The van der Waals surface area contributed by atoms with Gasteiger partial charge in [0.2, 0.25) is 0 Å². The van der Waals surface area contributed by atoms with Gasteiger partial charge in [-0.05, 0) is 68.6 Å². The average Bonchev–Trinajstić information content (AvgIpc) is 3.00. The molecule has 0 radical (unpaired) electrons. The van der Waals surface area contributed by atoms with Gasteiger partial charge in [0.25, 0.3) is 0 Å². The summed E-state index contributed by atoms with van der Waals surface area (Å²) in [6, 6.07) is 0.226. The first-order chi connectivity index (χ1) is 9.43. The maximum atomic E-state index is 11.8. The second-order valence-electron chi connectivity index (χ2n) is 7.71. The van der Waals surface area contributed by atoms with Crippen molar-refractivity contribution >= 4 is 9.84 Å². The summed E-state index contributed by atoms with van der Waals surface area (Å²) in [5.74, 6) is 3.18. The zero-order chi connectivity index (χ0) is 14.3. The van der Waals surface area contributed by atoms with Crippen molar-refractivity contribution in [2.24, 2.45) is 29.4 Å². The van der Waals surface area contributed by atoms with Crippen molar-refractivity contribution in [3.63, 3.8) is 0 Å². The molecule has 3 aliphatic carbocycles. The van der Waals surface area contributed by atoms with Gasteiger partial charge < -0.3 is 5.73 Å². The van der Waals surface area contributed by atoms with E-state index in [0.29, 0.717) is 5.92 Å². The fraction of sp³-hybridized carbons (Fsp3) is 1.00. The molecule has 3 saturated carbocycles. The normalized spacial score (nSPS) is 42.8. The standard InChI is InChI=1S/C16H29NO2S/c1-20(18,19)15-4-2-3-13(9-15)16(17)10-14-8-11-5-6-12(14)7-11/h11-16H,2-10,17H2,1H3. The summed E-state index contributed by atoms with van der Waals surface area (Å²) in [7, 11) is -2.88. The van der Waals surface area contributed by atoms with Crippen molar-refractivity contribution in [1.82, 2.24) is 0 Å². The van der Waals surface area contributed by atoms with E-state index >= 15 is 0 Å². The van der Waals surface area contributed by atoms with Gasteiger partial charge in [-0.15, -0.1) is 0 Å². The number of hydrogen-bond donors (Lipinski definition) is 1. The highest BCUT2D eigenvalue weighted by Crippen LogP contribution is 2.50. The first kappa shape index (κ1) is 14.8. The third-order valence-electron chi connectivity index (χ3n) is 6.34. The molecular weight excluding hydrogens is 270 g/mol. The molecule has 4 heteroatoms. The summed E-state index contributed by atoms with van der Waals surface area (Å²) >= 11 is 0. The Hall–Kier alpha value is -0.0900. The second kappa shape index (κ2) is 5.60. The predicted octanol–water partition coefficient (Wildman–Crippen LogP) is 2.74. The molecule has 0 aromatic rings. The van der Waals surface area contributed by atoms with Crippen LogP contribution in [0.25, 0.3) is 0 Å². The molecular formula is C16H29NO2S. The Balaban J connectivity index is 1.55. The molecule has 0 heterocycles. The van der Waals surface area contributed by atoms with Gasteiger partial charge in [0.05, 0.1) is 5.25 Å². The lowest BCUT2D eigenvalue weighted by atomic mass is 9.77. The minimum atomic E-state index is -2.88. The molecule has 116 valence electrons. The number of nitrogens with two attached hydrogens (primary N) is 1. The molecule has 3 rings (SSSR count). The van der Waals surface area contributed by atoms with Crippen molar-refractivity contribution in [2.75, 3.05) is 6.26 Å². The first-order valence-corrected chi connectivity index (χ1v) is 10.3. The molecule has 2 bridgehead atoms. The van der Waals surface area contributed by atoms with E-state index in [-0.39, 0.29) is 11.3 Å². The highest BCUT2D eigenvalue weighted by atomic mass is 32.2. The van der Waals surface area contributed by atoms with Crippen molar-refractivity contribution in [3.05, 3.63) is 0 Å². The van der Waals surface area contributed by atoms with Crippen LogP contribution < -0.4 is 5.73 Å². The van der Waals surface area contributed by atoms with Gasteiger partial charge in [0, 0.05) is 12.3 Å². The molecule has 0 aromatic carbocycles. The van der Waals surface area contributed by atoms with Gasteiger partial charge in [-0.2, -0.15) is 0 Å². The van der Waals surface area contributed by atoms with Crippen molar-refractivity contribution in [2.45, 2.75) is 69.1 Å². The van der Waals surface area contributed by atoms with Crippen LogP contribution in [0.3, 0.4) is 0 Å². The van der Waals surface area contributed by atoms with E-state index in [9.17, 15) is 8.42 Å². The zero-order valence-electron chi connectivity index (χ0n) is 12.6. The summed E-state index contributed by atoms with van der Waals surface area (Å²) in [4.78, 5) is 0. The molecule has 3 nitrogen and oxygen atoms in total. The Labute approximate surface area is 123 Å². The highest BCUT2D eigenvalue weighted by molar-refractivity contribution is 7.91. The Kier molecular flexibility index (Phi) is 4.15. The molecule has 3 aliphatic rings. The van der Waals surface area contributed by atoms with Gasteiger partial charge >= 0.3 is 0 Å². The zero-order valence-corrected chi connectivity index (χ0v) is 13.4. The van der Waals surface area contributed by atoms with Crippen molar-refractivity contribution in [1.29, 1.82) is 0 Å². The van der Waals surface area contributed by atoms with Crippen LogP contribution in [0, 0.1) is 23.7 Å². The SMILES string of the molecule is CS(=O)(=O)C1CCCC(C(N)CC2CC3CCC2C3)C1. The maximum absolute atomic E-state index is 11.8. The average molecular weight is 299 g/mol. The Bertz CT molecular complexity index is 447. The Morgan fingerprint density at radius 2 is 1.90 bits per heavy atom. The lowest BCUT2D eigenvalue weighted by molar-refractivity contribution is 0.231. The van der Waals surface area contributed by atoms with Crippen LogP contribution in [0.15, 0.2) is 0 Å². The molecule has 0 saturated heterocycles. The minimum Gasteiger partial charge on any atom is -0.327 e. The minimum absolute atomic E-state index is 0.132. The van der Waals surface area contributed by atoms with Gasteiger partial charge in [-0.25, -0.2) is 8.42 Å². The van der Waals surface area contributed by atoms with E-state index in [0.717, 1.165) is 49.9 Å². The summed E-state index contributed by atoms with van der Waals surface area (Å²) in [6.07, 6.45) is 12.0. The summed E-state index contributed by atoms with van der Waals surface area (Å²) in [5.41, 5.74) is 6.47. The van der Waals surface area contributed by atoms with E-state index in [1.165, 1.54) is 31.9 Å². The van der Waals surface area contributed by atoms with Crippen molar-refractivity contribution < 1.29 is 8.42 Å². The van der Waals surface area contributed by atoms with Crippen LogP contribution in [-0.2, 0) is 9.84 Å². The largest absolute Gasteiger partial charge is 0.327 e. The lowest BCUT2D eigenvalue weighted by Gasteiger charge is -2.34. The van der Waals surface area contributed by atoms with E-state index < -0.39 is 9.84 Å². The maximum Gasteiger partial charge on any atom is 0.150 e. The van der Waals surface area contributed by atoms with E-state index in [1.807, 2.05) is 0 Å². The third kappa shape index (κ3) is 3.06. The molecule has 6 atom stereocenters. The summed E-state index contributed by atoms with van der Waals surface area (Å²) in [5, 5.41) is -0.132. The molecule has 0 aromatic heterocycles. The van der Waals surface area contributed by atoms with E-state index in [4.69, 9.17) is 5.73 Å². The van der Waals surface area contributed by atoms with Crippen LogP contribution >= 0.6 is 0 Å². The van der Waals surface area contributed by atoms with Gasteiger partial charge in [-0.1, -0.05) is 12.8 Å². The van der Waals surface area contributed by atoms with Crippen LogP contribution in [-0.4, -0.2) is 26.0 Å².